The molecule has 0 spiro atoms. The third-order valence-electron chi connectivity index (χ3n) is 4.43. The number of nitrogens with one attached hydrogen (secondary N) is 1. The zero-order chi connectivity index (χ0) is 19.6. The van der Waals surface area contributed by atoms with Gasteiger partial charge in [0.2, 0.25) is 10.0 Å². The van der Waals surface area contributed by atoms with Crippen molar-refractivity contribution in [2.24, 2.45) is 0 Å². The van der Waals surface area contributed by atoms with E-state index in [4.69, 9.17) is 16.3 Å². The molecule has 0 aliphatic carbocycles. The number of nitrogens with zero attached hydrogens (tertiary/aromatic N) is 1. The van der Waals surface area contributed by atoms with Gasteiger partial charge in [0.1, 0.15) is 0 Å². The first-order valence-electron chi connectivity index (χ1n) is 8.55. The van der Waals surface area contributed by atoms with Crippen LogP contribution in [0.3, 0.4) is 0 Å². The Bertz CT molecular complexity index is 970. The molecule has 2 aromatic carbocycles. The summed E-state index contributed by atoms with van der Waals surface area (Å²) in [4.78, 5) is 12.8. The molecule has 1 amide bonds. The van der Waals surface area contributed by atoms with Crippen molar-refractivity contribution in [2.45, 2.75) is 18.7 Å². The largest absolute Gasteiger partial charge is 0.379 e. The van der Waals surface area contributed by atoms with Crippen LogP contribution in [0.4, 0.5) is 5.69 Å². The standard InChI is InChI=1S/C19H21ClN2O4S/c1-13-3-6-18(17(20)11-13)21-19(23)16-12-15(5-4-14(16)2)27(24,25)22-7-9-26-10-8-22/h3-6,11-12H,7-10H2,1-2H3,(H,21,23). The van der Waals surface area contributed by atoms with Gasteiger partial charge in [-0.15, -0.1) is 0 Å². The van der Waals surface area contributed by atoms with Gasteiger partial charge in [-0.05, 0) is 49.2 Å². The van der Waals surface area contributed by atoms with Gasteiger partial charge in [-0.2, -0.15) is 4.31 Å². The zero-order valence-electron chi connectivity index (χ0n) is 15.2. The molecule has 2 aromatic rings. The topological polar surface area (TPSA) is 75.7 Å². The van der Waals surface area contributed by atoms with Crippen LogP contribution in [0.15, 0.2) is 41.3 Å². The van der Waals surface area contributed by atoms with Crippen LogP contribution in [0.1, 0.15) is 21.5 Å². The highest BCUT2D eigenvalue weighted by Gasteiger charge is 2.27. The molecular weight excluding hydrogens is 388 g/mol. The van der Waals surface area contributed by atoms with Gasteiger partial charge in [-0.1, -0.05) is 23.7 Å². The number of sulfonamides is 1. The van der Waals surface area contributed by atoms with E-state index in [9.17, 15) is 13.2 Å². The summed E-state index contributed by atoms with van der Waals surface area (Å²) in [7, 11) is -3.67. The van der Waals surface area contributed by atoms with Gasteiger partial charge < -0.3 is 10.1 Å². The number of anilines is 1. The average molecular weight is 409 g/mol. The maximum absolute atomic E-state index is 12.8. The smallest absolute Gasteiger partial charge is 0.256 e. The number of morpholine rings is 1. The fourth-order valence-corrected chi connectivity index (χ4v) is 4.57. The van der Waals surface area contributed by atoms with E-state index in [0.717, 1.165) is 5.56 Å². The second kappa shape index (κ2) is 7.98. The van der Waals surface area contributed by atoms with Gasteiger partial charge in [-0.25, -0.2) is 8.42 Å². The molecule has 1 aliphatic heterocycles. The highest BCUT2D eigenvalue weighted by Crippen LogP contribution is 2.25. The van der Waals surface area contributed by atoms with Crippen LogP contribution < -0.4 is 5.32 Å². The predicted octanol–water partition coefficient (Wildman–Crippen LogP) is 3.23. The molecule has 1 fully saturated rings. The van der Waals surface area contributed by atoms with Crippen molar-refractivity contribution < 1.29 is 17.9 Å². The Hall–Kier alpha value is -1.93. The van der Waals surface area contributed by atoms with Gasteiger partial charge in [0.15, 0.2) is 0 Å². The van der Waals surface area contributed by atoms with E-state index in [1.165, 1.54) is 16.4 Å². The molecule has 0 unspecified atom stereocenters. The molecule has 0 atom stereocenters. The van der Waals surface area contributed by atoms with Crippen molar-refractivity contribution in [1.29, 1.82) is 0 Å². The molecule has 1 N–H and O–H groups in total. The van der Waals surface area contributed by atoms with Gasteiger partial charge in [0.05, 0.1) is 28.8 Å². The van der Waals surface area contributed by atoms with Crippen molar-refractivity contribution >= 4 is 33.2 Å². The molecule has 1 heterocycles. The summed E-state index contributed by atoms with van der Waals surface area (Å²) in [5, 5.41) is 3.18. The molecule has 3 rings (SSSR count). The number of benzene rings is 2. The van der Waals surface area contributed by atoms with E-state index in [-0.39, 0.29) is 4.90 Å². The second-order valence-electron chi connectivity index (χ2n) is 6.43. The van der Waals surface area contributed by atoms with Crippen LogP contribution in [0.2, 0.25) is 5.02 Å². The van der Waals surface area contributed by atoms with E-state index in [0.29, 0.717) is 48.1 Å². The Morgan fingerprint density at radius 3 is 2.48 bits per heavy atom. The maximum atomic E-state index is 12.8. The summed E-state index contributed by atoms with van der Waals surface area (Å²) < 4.78 is 32.3. The number of carbonyl (C=O) groups excluding carboxylic acids is 1. The highest BCUT2D eigenvalue weighted by molar-refractivity contribution is 7.89. The normalized spacial score (nSPS) is 15.5. The van der Waals surface area contributed by atoms with Crippen molar-refractivity contribution in [3.8, 4) is 0 Å². The SMILES string of the molecule is Cc1ccc(NC(=O)c2cc(S(=O)(=O)N3CCOCC3)ccc2C)c(Cl)c1. The van der Waals surface area contributed by atoms with E-state index >= 15 is 0 Å². The fourth-order valence-electron chi connectivity index (χ4n) is 2.85. The minimum Gasteiger partial charge on any atom is -0.379 e. The molecule has 27 heavy (non-hydrogen) atoms. The molecule has 0 bridgehead atoms. The van der Waals surface area contributed by atoms with Crippen LogP contribution in [0.25, 0.3) is 0 Å². The summed E-state index contributed by atoms with van der Waals surface area (Å²) in [5.41, 5.74) is 2.43. The lowest BCUT2D eigenvalue weighted by atomic mass is 10.1. The van der Waals surface area contributed by atoms with Crippen molar-refractivity contribution in [1.82, 2.24) is 4.31 Å². The molecule has 1 aliphatic rings. The summed E-state index contributed by atoms with van der Waals surface area (Å²) in [6, 6.07) is 9.89. The number of rotatable bonds is 4. The van der Waals surface area contributed by atoms with E-state index in [1.807, 2.05) is 13.0 Å². The third kappa shape index (κ3) is 4.32. The van der Waals surface area contributed by atoms with Crippen molar-refractivity contribution in [3.63, 3.8) is 0 Å². The minimum absolute atomic E-state index is 0.0927. The lowest BCUT2D eigenvalue weighted by molar-refractivity contribution is 0.0730. The molecule has 1 saturated heterocycles. The molecule has 6 nitrogen and oxygen atoms in total. The number of halogens is 1. The Labute approximate surface area is 164 Å². The van der Waals surface area contributed by atoms with Gasteiger partial charge in [0.25, 0.3) is 5.91 Å². The third-order valence-corrected chi connectivity index (χ3v) is 6.64. The average Bonchev–Trinajstić information content (AvgIpc) is 2.65. The minimum atomic E-state index is -3.67. The lowest BCUT2D eigenvalue weighted by Crippen LogP contribution is -2.40. The number of hydrogen-bond donors (Lipinski definition) is 1. The highest BCUT2D eigenvalue weighted by atomic mass is 35.5. The summed E-state index contributed by atoms with van der Waals surface area (Å²) in [5.74, 6) is -0.405. The maximum Gasteiger partial charge on any atom is 0.256 e. The van der Waals surface area contributed by atoms with Crippen LogP contribution in [-0.2, 0) is 14.8 Å². The van der Waals surface area contributed by atoms with Gasteiger partial charge >= 0.3 is 0 Å². The number of hydrogen-bond acceptors (Lipinski definition) is 4. The van der Waals surface area contributed by atoms with Crippen LogP contribution in [0.5, 0.6) is 0 Å². The summed E-state index contributed by atoms with van der Waals surface area (Å²) in [6.45, 7) is 5.00. The van der Waals surface area contributed by atoms with E-state index in [1.54, 1.807) is 25.1 Å². The molecule has 0 saturated carbocycles. The number of ether oxygens (including phenoxy) is 1. The monoisotopic (exact) mass is 408 g/mol. The van der Waals surface area contributed by atoms with Crippen LogP contribution in [-0.4, -0.2) is 44.9 Å². The zero-order valence-corrected chi connectivity index (χ0v) is 16.7. The second-order valence-corrected chi connectivity index (χ2v) is 8.78. The Morgan fingerprint density at radius 1 is 1.11 bits per heavy atom. The van der Waals surface area contributed by atoms with Gasteiger partial charge in [-0.3, -0.25) is 4.79 Å². The molecule has 8 heteroatoms. The first-order chi connectivity index (χ1) is 12.8. The number of carbonyl (C=O) groups is 1. The predicted molar refractivity (Wildman–Crippen MR) is 105 cm³/mol. The molecular formula is C19H21ClN2O4S. The Morgan fingerprint density at radius 2 is 1.81 bits per heavy atom. The van der Waals surface area contributed by atoms with Crippen molar-refractivity contribution in [2.75, 3.05) is 31.6 Å². The van der Waals surface area contributed by atoms with E-state index < -0.39 is 15.9 Å². The Kier molecular flexibility index (Phi) is 5.86. The molecule has 144 valence electrons. The van der Waals surface area contributed by atoms with E-state index in [2.05, 4.69) is 5.32 Å². The quantitative estimate of drug-likeness (QED) is 0.842. The summed E-state index contributed by atoms with van der Waals surface area (Å²) in [6.07, 6.45) is 0. The lowest BCUT2D eigenvalue weighted by Gasteiger charge is -2.26. The number of aryl methyl sites for hydroxylation is 2. The first-order valence-corrected chi connectivity index (χ1v) is 10.4. The molecule has 0 radical (unpaired) electrons. The van der Waals surface area contributed by atoms with Gasteiger partial charge in [0, 0.05) is 18.7 Å². The molecule has 0 aromatic heterocycles. The van der Waals surface area contributed by atoms with Crippen LogP contribution >= 0.6 is 11.6 Å². The fraction of sp³-hybridized carbons (Fsp3) is 0.316. The Balaban J connectivity index is 1.89. The van der Waals surface area contributed by atoms with Crippen LogP contribution in [0, 0.1) is 13.8 Å². The summed E-state index contributed by atoms with van der Waals surface area (Å²) >= 11 is 6.18. The first kappa shape index (κ1) is 19.8. The number of amides is 1. The van der Waals surface area contributed by atoms with Crippen molar-refractivity contribution in [3.05, 3.63) is 58.1 Å².